The van der Waals surface area contributed by atoms with Gasteiger partial charge in [0.1, 0.15) is 11.8 Å². The van der Waals surface area contributed by atoms with Gasteiger partial charge in [0.05, 0.1) is 30.7 Å². The number of nitrogens with zero attached hydrogens (tertiary/aromatic N) is 3. The monoisotopic (exact) mass is 381 g/mol. The molecule has 0 N–H and O–H groups in total. The molecule has 0 bridgehead atoms. The van der Waals surface area contributed by atoms with E-state index in [1.54, 1.807) is 11.3 Å². The van der Waals surface area contributed by atoms with Gasteiger partial charge in [0.25, 0.3) is 5.91 Å². The first-order chi connectivity index (χ1) is 13.5. The minimum atomic E-state index is -0.199. The molecule has 0 saturated carbocycles. The van der Waals surface area contributed by atoms with E-state index in [-0.39, 0.29) is 24.2 Å². The molecule has 0 unspecified atom stereocenters. The molecule has 6 heteroatoms. The number of aryl methyl sites for hydroxylation is 1. The summed E-state index contributed by atoms with van der Waals surface area (Å²) in [6.45, 7) is 7.99. The summed E-state index contributed by atoms with van der Waals surface area (Å²) in [5.74, 6) is 0.757. The molecule has 3 heterocycles. The van der Waals surface area contributed by atoms with Gasteiger partial charge in [-0.3, -0.25) is 9.69 Å². The van der Waals surface area contributed by atoms with Crippen molar-refractivity contribution in [2.45, 2.75) is 45.4 Å². The predicted octanol–water partition coefficient (Wildman–Crippen LogP) is 3.37. The molecule has 0 aliphatic carbocycles. The lowest BCUT2D eigenvalue weighted by Gasteiger charge is -2.35. The number of morpholine rings is 1. The van der Waals surface area contributed by atoms with Crippen molar-refractivity contribution in [2.24, 2.45) is 5.10 Å². The SMILES string of the molecule is Cc1ccc(C2=NN(C(=O)CN3C[C@@H](C)O[C@H](C)C3)[C@H](c3ccco3)C2)cc1. The number of amides is 1. The van der Waals surface area contributed by atoms with E-state index in [2.05, 4.69) is 36.1 Å². The number of rotatable bonds is 4. The lowest BCUT2D eigenvalue weighted by Crippen LogP contribution is -2.49. The molecule has 1 aromatic carbocycles. The summed E-state index contributed by atoms with van der Waals surface area (Å²) >= 11 is 0. The molecule has 0 spiro atoms. The van der Waals surface area contributed by atoms with Crippen LogP contribution in [0.4, 0.5) is 0 Å². The number of hydrogen-bond donors (Lipinski definition) is 0. The number of hydrogen-bond acceptors (Lipinski definition) is 5. The Balaban J connectivity index is 1.55. The van der Waals surface area contributed by atoms with Crippen LogP contribution in [0, 0.1) is 6.92 Å². The Morgan fingerprint density at radius 1 is 1.14 bits per heavy atom. The zero-order chi connectivity index (χ0) is 19.7. The average molecular weight is 381 g/mol. The molecular formula is C22H27N3O3. The number of furan rings is 1. The predicted molar refractivity (Wildman–Crippen MR) is 107 cm³/mol. The molecule has 28 heavy (non-hydrogen) atoms. The molecule has 148 valence electrons. The zero-order valence-electron chi connectivity index (χ0n) is 16.7. The summed E-state index contributed by atoms with van der Waals surface area (Å²) in [5.41, 5.74) is 3.16. The molecule has 2 aromatic rings. The standard InChI is InChI=1S/C22H27N3O3/c1-15-6-8-18(9-7-15)19-11-20(21-5-4-10-27-21)25(23-19)22(26)14-24-12-16(2)28-17(3)13-24/h4-10,16-17,20H,11-14H2,1-3H3/t16-,17-,20+/m1/s1. The van der Waals surface area contributed by atoms with Crippen LogP contribution in [-0.4, -0.2) is 53.4 Å². The van der Waals surface area contributed by atoms with Gasteiger partial charge in [0.2, 0.25) is 0 Å². The van der Waals surface area contributed by atoms with Gasteiger partial charge < -0.3 is 9.15 Å². The fourth-order valence-electron chi connectivity index (χ4n) is 4.04. The molecule has 1 amide bonds. The third kappa shape index (κ3) is 4.03. The van der Waals surface area contributed by atoms with E-state index in [0.29, 0.717) is 13.0 Å². The van der Waals surface area contributed by atoms with E-state index in [0.717, 1.165) is 30.1 Å². The van der Waals surface area contributed by atoms with Gasteiger partial charge >= 0.3 is 0 Å². The fraction of sp³-hybridized carbons (Fsp3) is 0.455. The Bertz CT molecular complexity index is 834. The van der Waals surface area contributed by atoms with Crippen molar-refractivity contribution in [3.8, 4) is 0 Å². The highest BCUT2D eigenvalue weighted by Gasteiger charge is 2.36. The van der Waals surface area contributed by atoms with Crippen molar-refractivity contribution in [3.05, 3.63) is 59.5 Å². The van der Waals surface area contributed by atoms with Gasteiger partial charge in [0.15, 0.2) is 0 Å². The number of ether oxygens (including phenoxy) is 1. The van der Waals surface area contributed by atoms with Crippen LogP contribution in [0.2, 0.25) is 0 Å². The largest absolute Gasteiger partial charge is 0.467 e. The average Bonchev–Trinajstić information content (AvgIpc) is 3.31. The lowest BCUT2D eigenvalue weighted by molar-refractivity contribution is -0.138. The van der Waals surface area contributed by atoms with Crippen LogP contribution in [-0.2, 0) is 9.53 Å². The van der Waals surface area contributed by atoms with E-state index in [1.807, 2.05) is 26.0 Å². The minimum absolute atomic E-state index is 0.00943. The van der Waals surface area contributed by atoms with Gasteiger partial charge in [0, 0.05) is 19.5 Å². The van der Waals surface area contributed by atoms with Crippen molar-refractivity contribution in [3.63, 3.8) is 0 Å². The maximum atomic E-state index is 13.2. The number of benzene rings is 1. The number of carbonyl (C=O) groups is 1. The summed E-state index contributed by atoms with van der Waals surface area (Å²) in [6, 6.07) is 11.8. The molecule has 3 atom stereocenters. The summed E-state index contributed by atoms with van der Waals surface area (Å²) < 4.78 is 11.4. The topological polar surface area (TPSA) is 58.3 Å². The second-order valence-electron chi connectivity index (χ2n) is 7.84. The lowest BCUT2D eigenvalue weighted by atomic mass is 10.0. The zero-order valence-corrected chi connectivity index (χ0v) is 16.7. The second-order valence-corrected chi connectivity index (χ2v) is 7.84. The van der Waals surface area contributed by atoms with Gasteiger partial charge in [-0.1, -0.05) is 29.8 Å². The van der Waals surface area contributed by atoms with E-state index in [9.17, 15) is 4.79 Å². The highest BCUT2D eigenvalue weighted by atomic mass is 16.5. The van der Waals surface area contributed by atoms with E-state index in [1.165, 1.54) is 5.56 Å². The van der Waals surface area contributed by atoms with Crippen LogP contribution >= 0.6 is 0 Å². The van der Waals surface area contributed by atoms with Crippen LogP contribution < -0.4 is 0 Å². The molecule has 0 radical (unpaired) electrons. The summed E-state index contributed by atoms with van der Waals surface area (Å²) in [7, 11) is 0. The Kier molecular flexibility index (Phi) is 5.33. The Morgan fingerprint density at radius 3 is 2.50 bits per heavy atom. The maximum absolute atomic E-state index is 13.2. The van der Waals surface area contributed by atoms with Gasteiger partial charge in [-0.25, -0.2) is 5.01 Å². The first-order valence-corrected chi connectivity index (χ1v) is 9.87. The highest BCUT2D eigenvalue weighted by molar-refractivity contribution is 6.03. The third-order valence-electron chi connectivity index (χ3n) is 5.28. The van der Waals surface area contributed by atoms with Crippen molar-refractivity contribution >= 4 is 11.6 Å². The molecule has 2 aliphatic heterocycles. The summed E-state index contributed by atoms with van der Waals surface area (Å²) in [5, 5.41) is 6.32. The molecule has 1 aromatic heterocycles. The molecule has 6 nitrogen and oxygen atoms in total. The first-order valence-electron chi connectivity index (χ1n) is 9.87. The van der Waals surface area contributed by atoms with Crippen LogP contribution in [0.3, 0.4) is 0 Å². The summed E-state index contributed by atoms with van der Waals surface area (Å²) in [6.07, 6.45) is 2.55. The van der Waals surface area contributed by atoms with E-state index in [4.69, 9.17) is 14.3 Å². The van der Waals surface area contributed by atoms with Crippen LogP contribution in [0.15, 0.2) is 52.2 Å². The van der Waals surface area contributed by atoms with Crippen molar-refractivity contribution in [1.29, 1.82) is 0 Å². The number of hydrazone groups is 1. The minimum Gasteiger partial charge on any atom is -0.467 e. The maximum Gasteiger partial charge on any atom is 0.257 e. The van der Waals surface area contributed by atoms with Gasteiger partial charge in [-0.05, 0) is 38.5 Å². The second kappa shape index (κ2) is 7.89. The Hall–Kier alpha value is -2.44. The highest BCUT2D eigenvalue weighted by Crippen LogP contribution is 2.33. The summed E-state index contributed by atoms with van der Waals surface area (Å²) in [4.78, 5) is 15.3. The quantitative estimate of drug-likeness (QED) is 0.815. The molecule has 1 fully saturated rings. The normalized spacial score (nSPS) is 25.8. The van der Waals surface area contributed by atoms with E-state index < -0.39 is 0 Å². The smallest absolute Gasteiger partial charge is 0.257 e. The third-order valence-corrected chi connectivity index (χ3v) is 5.28. The van der Waals surface area contributed by atoms with Crippen molar-refractivity contribution in [2.75, 3.05) is 19.6 Å². The molecule has 1 saturated heterocycles. The number of carbonyl (C=O) groups excluding carboxylic acids is 1. The van der Waals surface area contributed by atoms with Gasteiger partial charge in [-0.2, -0.15) is 5.10 Å². The Labute approximate surface area is 165 Å². The van der Waals surface area contributed by atoms with E-state index >= 15 is 0 Å². The van der Waals surface area contributed by atoms with Crippen molar-refractivity contribution < 1.29 is 13.9 Å². The van der Waals surface area contributed by atoms with Gasteiger partial charge in [-0.15, -0.1) is 0 Å². The molecular weight excluding hydrogens is 354 g/mol. The molecule has 2 aliphatic rings. The molecule has 4 rings (SSSR count). The van der Waals surface area contributed by atoms with Crippen LogP contribution in [0.5, 0.6) is 0 Å². The first kappa shape index (κ1) is 18.9. The van der Waals surface area contributed by atoms with Crippen LogP contribution in [0.25, 0.3) is 0 Å². The fourth-order valence-corrected chi connectivity index (χ4v) is 4.04. The van der Waals surface area contributed by atoms with Crippen LogP contribution in [0.1, 0.15) is 43.2 Å². The van der Waals surface area contributed by atoms with Crippen molar-refractivity contribution in [1.82, 2.24) is 9.91 Å². The Morgan fingerprint density at radius 2 is 1.86 bits per heavy atom.